The summed E-state index contributed by atoms with van der Waals surface area (Å²) in [5, 5.41) is 0. The van der Waals surface area contributed by atoms with Crippen LogP contribution in [0, 0.1) is 0 Å². The van der Waals surface area contributed by atoms with E-state index in [-0.39, 0.29) is 23.2 Å². The Balaban J connectivity index is 2.37. The molecular weight excluding hydrogens is 282 g/mol. The lowest BCUT2D eigenvalue weighted by molar-refractivity contribution is 0.593. The van der Waals surface area contributed by atoms with Crippen molar-refractivity contribution in [1.82, 2.24) is 24.5 Å². The first-order valence-electron chi connectivity index (χ1n) is 6.74. The molecule has 0 fully saturated rings. The van der Waals surface area contributed by atoms with Crippen molar-refractivity contribution in [3.05, 3.63) is 34.9 Å². The Morgan fingerprint density at radius 2 is 1.86 bits per heavy atom. The highest BCUT2D eigenvalue weighted by atomic mass is 16.1. The SMILES string of the molecule is CC(C)n1c(=O)c(-c2ccc(N)nc2)nc2cnc(N)nc21. The molecular formula is C14H15N7O. The van der Waals surface area contributed by atoms with E-state index in [0.717, 1.165) is 0 Å². The molecule has 3 aromatic heterocycles. The molecule has 22 heavy (non-hydrogen) atoms. The summed E-state index contributed by atoms with van der Waals surface area (Å²) in [4.78, 5) is 29.2. The lowest BCUT2D eigenvalue weighted by atomic mass is 10.2. The van der Waals surface area contributed by atoms with Gasteiger partial charge < -0.3 is 11.5 Å². The van der Waals surface area contributed by atoms with Gasteiger partial charge >= 0.3 is 0 Å². The summed E-state index contributed by atoms with van der Waals surface area (Å²) >= 11 is 0. The number of rotatable bonds is 2. The Bertz CT molecular complexity index is 899. The molecule has 0 aromatic carbocycles. The lowest BCUT2D eigenvalue weighted by Gasteiger charge is -2.14. The molecule has 8 nitrogen and oxygen atoms in total. The predicted molar refractivity (Wildman–Crippen MR) is 84.0 cm³/mol. The fraction of sp³-hybridized carbons (Fsp3) is 0.214. The van der Waals surface area contributed by atoms with Gasteiger partial charge in [-0.3, -0.25) is 9.36 Å². The van der Waals surface area contributed by atoms with Gasteiger partial charge in [-0.2, -0.15) is 4.98 Å². The molecule has 0 atom stereocenters. The molecule has 0 radical (unpaired) electrons. The fourth-order valence-corrected chi connectivity index (χ4v) is 2.23. The molecule has 0 saturated carbocycles. The summed E-state index contributed by atoms with van der Waals surface area (Å²) in [6.45, 7) is 3.79. The summed E-state index contributed by atoms with van der Waals surface area (Å²) in [7, 11) is 0. The monoisotopic (exact) mass is 297 g/mol. The fourth-order valence-electron chi connectivity index (χ4n) is 2.23. The molecule has 3 aromatic rings. The second-order valence-electron chi connectivity index (χ2n) is 5.14. The molecule has 0 spiro atoms. The highest BCUT2D eigenvalue weighted by molar-refractivity contribution is 5.74. The third kappa shape index (κ3) is 2.24. The van der Waals surface area contributed by atoms with Crippen molar-refractivity contribution in [2.75, 3.05) is 11.5 Å². The van der Waals surface area contributed by atoms with E-state index in [0.29, 0.717) is 22.5 Å². The zero-order valence-electron chi connectivity index (χ0n) is 12.2. The summed E-state index contributed by atoms with van der Waals surface area (Å²) < 4.78 is 1.55. The van der Waals surface area contributed by atoms with Gasteiger partial charge in [0.25, 0.3) is 5.56 Å². The van der Waals surface area contributed by atoms with Crippen molar-refractivity contribution in [3.8, 4) is 11.3 Å². The Hall–Kier alpha value is -3.03. The molecule has 8 heteroatoms. The number of hydrogen-bond donors (Lipinski definition) is 2. The smallest absolute Gasteiger partial charge is 0.279 e. The van der Waals surface area contributed by atoms with Crippen LogP contribution in [0.4, 0.5) is 11.8 Å². The van der Waals surface area contributed by atoms with Crippen LogP contribution in [-0.2, 0) is 0 Å². The highest BCUT2D eigenvalue weighted by Crippen LogP contribution is 2.19. The molecule has 3 heterocycles. The Morgan fingerprint density at radius 1 is 1.09 bits per heavy atom. The maximum absolute atomic E-state index is 12.8. The van der Waals surface area contributed by atoms with Crippen molar-refractivity contribution >= 4 is 22.9 Å². The Kier molecular flexibility index (Phi) is 3.21. The quantitative estimate of drug-likeness (QED) is 0.722. The van der Waals surface area contributed by atoms with Gasteiger partial charge in [-0.1, -0.05) is 0 Å². The second-order valence-corrected chi connectivity index (χ2v) is 5.14. The van der Waals surface area contributed by atoms with Crippen LogP contribution in [0.1, 0.15) is 19.9 Å². The van der Waals surface area contributed by atoms with E-state index in [9.17, 15) is 4.79 Å². The first-order valence-corrected chi connectivity index (χ1v) is 6.74. The first kappa shape index (κ1) is 13.9. The minimum absolute atomic E-state index is 0.102. The van der Waals surface area contributed by atoms with Crippen molar-refractivity contribution in [3.63, 3.8) is 0 Å². The molecule has 0 aliphatic carbocycles. The van der Waals surface area contributed by atoms with E-state index in [2.05, 4.69) is 19.9 Å². The van der Waals surface area contributed by atoms with Gasteiger partial charge in [-0.25, -0.2) is 15.0 Å². The summed E-state index contributed by atoms with van der Waals surface area (Å²) in [6.07, 6.45) is 3.03. The lowest BCUT2D eigenvalue weighted by Crippen LogP contribution is -2.26. The molecule has 0 saturated heterocycles. The molecule has 4 N–H and O–H groups in total. The first-order chi connectivity index (χ1) is 10.5. The maximum Gasteiger partial charge on any atom is 0.279 e. The number of pyridine rings is 1. The Morgan fingerprint density at radius 3 is 2.50 bits per heavy atom. The molecule has 3 rings (SSSR count). The van der Waals surface area contributed by atoms with Gasteiger partial charge in [0.1, 0.15) is 17.0 Å². The van der Waals surface area contributed by atoms with Gasteiger partial charge in [0.15, 0.2) is 5.65 Å². The number of aromatic nitrogens is 5. The number of fused-ring (bicyclic) bond motifs is 1. The van der Waals surface area contributed by atoms with Crippen molar-refractivity contribution < 1.29 is 0 Å². The minimum Gasteiger partial charge on any atom is -0.384 e. The van der Waals surface area contributed by atoms with Gasteiger partial charge in [0.2, 0.25) is 5.95 Å². The topological polar surface area (TPSA) is 126 Å². The maximum atomic E-state index is 12.8. The average molecular weight is 297 g/mol. The third-order valence-corrected chi connectivity index (χ3v) is 3.23. The Labute approximate surface area is 125 Å². The van der Waals surface area contributed by atoms with E-state index >= 15 is 0 Å². The minimum atomic E-state index is -0.257. The number of nitrogen functional groups attached to an aromatic ring is 2. The van der Waals surface area contributed by atoms with E-state index in [1.165, 1.54) is 12.4 Å². The van der Waals surface area contributed by atoms with E-state index in [4.69, 9.17) is 11.5 Å². The zero-order chi connectivity index (χ0) is 15.9. The van der Waals surface area contributed by atoms with Crippen LogP contribution in [0.15, 0.2) is 29.3 Å². The predicted octanol–water partition coefficient (Wildman–Crippen LogP) is 0.994. The normalized spacial score (nSPS) is 11.2. The molecule has 0 aliphatic heterocycles. The highest BCUT2D eigenvalue weighted by Gasteiger charge is 2.16. The summed E-state index contributed by atoms with van der Waals surface area (Å²) in [5.74, 6) is 0.481. The summed E-state index contributed by atoms with van der Waals surface area (Å²) in [5.41, 5.74) is 12.7. The van der Waals surface area contributed by atoms with Gasteiger partial charge in [0, 0.05) is 17.8 Å². The van der Waals surface area contributed by atoms with Gasteiger partial charge in [-0.05, 0) is 26.0 Å². The van der Waals surface area contributed by atoms with E-state index in [1.807, 2.05) is 13.8 Å². The molecule has 0 amide bonds. The van der Waals surface area contributed by atoms with Crippen LogP contribution in [0.2, 0.25) is 0 Å². The van der Waals surface area contributed by atoms with Crippen LogP contribution in [0.25, 0.3) is 22.4 Å². The summed E-state index contributed by atoms with van der Waals surface area (Å²) in [6, 6.07) is 3.23. The van der Waals surface area contributed by atoms with Crippen molar-refractivity contribution in [2.45, 2.75) is 19.9 Å². The number of nitrogens with zero attached hydrogens (tertiary/aromatic N) is 5. The average Bonchev–Trinajstić information content (AvgIpc) is 2.47. The van der Waals surface area contributed by atoms with E-state index < -0.39 is 0 Å². The second kappa shape index (κ2) is 5.06. The van der Waals surface area contributed by atoms with Crippen LogP contribution in [-0.4, -0.2) is 24.5 Å². The molecule has 0 aliphatic rings. The van der Waals surface area contributed by atoms with Gasteiger partial charge in [-0.15, -0.1) is 0 Å². The van der Waals surface area contributed by atoms with Crippen LogP contribution in [0.3, 0.4) is 0 Å². The van der Waals surface area contributed by atoms with Crippen molar-refractivity contribution in [1.29, 1.82) is 0 Å². The van der Waals surface area contributed by atoms with Crippen LogP contribution >= 0.6 is 0 Å². The van der Waals surface area contributed by atoms with Crippen LogP contribution < -0.4 is 17.0 Å². The van der Waals surface area contributed by atoms with Crippen molar-refractivity contribution in [2.24, 2.45) is 0 Å². The zero-order valence-corrected chi connectivity index (χ0v) is 12.2. The number of anilines is 2. The largest absolute Gasteiger partial charge is 0.384 e. The standard InChI is InChI=1S/C14H15N7O/c1-7(2)21-12-9(6-18-14(16)20-12)19-11(13(21)22)8-3-4-10(15)17-5-8/h3-7H,1-2H3,(H2,15,17)(H2,16,18,20). The third-order valence-electron chi connectivity index (χ3n) is 3.23. The molecule has 112 valence electrons. The number of nitrogens with two attached hydrogens (primary N) is 2. The van der Waals surface area contributed by atoms with Crippen LogP contribution in [0.5, 0.6) is 0 Å². The van der Waals surface area contributed by atoms with Gasteiger partial charge in [0.05, 0.1) is 6.20 Å². The van der Waals surface area contributed by atoms with E-state index in [1.54, 1.807) is 16.7 Å². The molecule has 0 unspecified atom stereocenters. The number of hydrogen-bond acceptors (Lipinski definition) is 7. The molecule has 0 bridgehead atoms.